The third-order valence-electron chi connectivity index (χ3n) is 2.44. The zero-order valence-electron chi connectivity index (χ0n) is 8.80. The number of hydrogen-bond acceptors (Lipinski definition) is 2. The highest BCUT2D eigenvalue weighted by atomic mass is 19.1. The van der Waals surface area contributed by atoms with E-state index in [9.17, 15) is 18.4 Å². The van der Waals surface area contributed by atoms with E-state index in [2.05, 4.69) is 10.6 Å². The van der Waals surface area contributed by atoms with Crippen LogP contribution < -0.4 is 10.6 Å². The van der Waals surface area contributed by atoms with Gasteiger partial charge in [0, 0.05) is 18.2 Å². The van der Waals surface area contributed by atoms with E-state index in [1.54, 1.807) is 0 Å². The predicted molar refractivity (Wildman–Crippen MR) is 56.2 cm³/mol. The van der Waals surface area contributed by atoms with Crippen molar-refractivity contribution >= 4 is 17.5 Å². The Bertz CT molecular complexity index is 456. The number of rotatable bonds is 2. The van der Waals surface area contributed by atoms with Gasteiger partial charge in [0.05, 0.1) is 0 Å². The molecule has 1 heterocycles. The van der Waals surface area contributed by atoms with E-state index in [0.29, 0.717) is 12.5 Å². The number of nitrogens with one attached hydrogen (secondary N) is 2. The lowest BCUT2D eigenvalue weighted by atomic mass is 10.2. The molecule has 17 heavy (non-hydrogen) atoms. The fourth-order valence-electron chi connectivity index (χ4n) is 1.67. The summed E-state index contributed by atoms with van der Waals surface area (Å²) in [6.45, 7) is 0. The van der Waals surface area contributed by atoms with Gasteiger partial charge in [0.25, 0.3) is 0 Å². The highest BCUT2D eigenvalue weighted by molar-refractivity contribution is 5.98. The first-order valence-electron chi connectivity index (χ1n) is 5.11. The van der Waals surface area contributed by atoms with Gasteiger partial charge in [-0.15, -0.1) is 0 Å². The first-order valence-corrected chi connectivity index (χ1v) is 5.11. The zero-order valence-corrected chi connectivity index (χ0v) is 8.80. The van der Waals surface area contributed by atoms with E-state index in [1.807, 2.05) is 0 Å². The zero-order chi connectivity index (χ0) is 12.4. The maximum Gasteiger partial charge on any atom is 0.246 e. The fraction of sp³-hybridized carbons (Fsp3) is 0.273. The maximum absolute atomic E-state index is 12.9. The number of carbonyl (C=O) groups excluding carboxylic acids is 2. The van der Waals surface area contributed by atoms with E-state index in [1.165, 1.54) is 0 Å². The number of amides is 2. The third kappa shape index (κ3) is 2.77. The molecule has 1 unspecified atom stereocenters. The van der Waals surface area contributed by atoms with Gasteiger partial charge in [0.2, 0.25) is 11.8 Å². The molecule has 1 atom stereocenters. The lowest BCUT2D eigenvalue weighted by Crippen LogP contribution is -2.37. The lowest BCUT2D eigenvalue weighted by Gasteiger charge is -2.10. The molecule has 0 aromatic heterocycles. The summed E-state index contributed by atoms with van der Waals surface area (Å²) in [7, 11) is 0. The van der Waals surface area contributed by atoms with E-state index in [4.69, 9.17) is 0 Å². The van der Waals surface area contributed by atoms with E-state index in [0.717, 1.165) is 12.1 Å². The Balaban J connectivity index is 2.05. The molecule has 1 aliphatic rings. The average molecular weight is 240 g/mol. The topological polar surface area (TPSA) is 58.2 Å². The summed E-state index contributed by atoms with van der Waals surface area (Å²) >= 11 is 0. The molecular formula is C11H10F2N2O2. The normalized spacial score (nSPS) is 18.9. The molecule has 1 saturated heterocycles. The lowest BCUT2D eigenvalue weighted by molar-refractivity contribution is -0.122. The minimum absolute atomic E-state index is 0.0358. The molecular weight excluding hydrogens is 230 g/mol. The van der Waals surface area contributed by atoms with Gasteiger partial charge < -0.3 is 10.6 Å². The molecule has 2 N–H and O–H groups in total. The number of carbonyl (C=O) groups is 2. The van der Waals surface area contributed by atoms with Crippen LogP contribution >= 0.6 is 0 Å². The first-order chi connectivity index (χ1) is 8.04. The highest BCUT2D eigenvalue weighted by Gasteiger charge is 2.27. The Morgan fingerprint density at radius 1 is 1.29 bits per heavy atom. The van der Waals surface area contributed by atoms with Gasteiger partial charge in [0.15, 0.2) is 0 Å². The van der Waals surface area contributed by atoms with Crippen LogP contribution in [0.3, 0.4) is 0 Å². The van der Waals surface area contributed by atoms with Gasteiger partial charge in [-0.25, -0.2) is 8.78 Å². The highest BCUT2D eigenvalue weighted by Crippen LogP contribution is 2.15. The first kappa shape index (κ1) is 11.5. The molecule has 0 saturated carbocycles. The third-order valence-corrected chi connectivity index (χ3v) is 2.44. The van der Waals surface area contributed by atoms with Crippen LogP contribution in [-0.4, -0.2) is 17.9 Å². The predicted octanol–water partition coefficient (Wildman–Crippen LogP) is 1.18. The second-order valence-corrected chi connectivity index (χ2v) is 3.81. The van der Waals surface area contributed by atoms with Gasteiger partial charge in [-0.2, -0.15) is 0 Å². The van der Waals surface area contributed by atoms with E-state index in [-0.39, 0.29) is 18.0 Å². The molecule has 4 nitrogen and oxygen atoms in total. The van der Waals surface area contributed by atoms with Crippen LogP contribution in [0.1, 0.15) is 12.8 Å². The molecule has 1 fully saturated rings. The maximum atomic E-state index is 12.9. The molecule has 2 rings (SSSR count). The van der Waals surface area contributed by atoms with Crippen LogP contribution in [0.15, 0.2) is 18.2 Å². The summed E-state index contributed by atoms with van der Waals surface area (Å²) in [4.78, 5) is 22.5. The molecule has 1 aromatic carbocycles. The smallest absolute Gasteiger partial charge is 0.246 e. The van der Waals surface area contributed by atoms with Crippen molar-refractivity contribution in [2.45, 2.75) is 18.9 Å². The van der Waals surface area contributed by atoms with Crippen molar-refractivity contribution in [3.63, 3.8) is 0 Å². The van der Waals surface area contributed by atoms with Gasteiger partial charge in [-0.1, -0.05) is 0 Å². The van der Waals surface area contributed by atoms with Crippen molar-refractivity contribution in [2.75, 3.05) is 5.32 Å². The Morgan fingerprint density at radius 3 is 2.47 bits per heavy atom. The second-order valence-electron chi connectivity index (χ2n) is 3.81. The van der Waals surface area contributed by atoms with Crippen molar-refractivity contribution in [2.24, 2.45) is 0 Å². The molecule has 6 heteroatoms. The minimum Gasteiger partial charge on any atom is -0.344 e. The second kappa shape index (κ2) is 4.48. The summed E-state index contributed by atoms with van der Waals surface area (Å²) in [6, 6.07) is 2.11. The van der Waals surface area contributed by atoms with Crippen LogP contribution in [0.5, 0.6) is 0 Å². The largest absolute Gasteiger partial charge is 0.344 e. The summed E-state index contributed by atoms with van der Waals surface area (Å²) in [6.07, 6.45) is 0.679. The number of benzene rings is 1. The van der Waals surface area contributed by atoms with Gasteiger partial charge >= 0.3 is 0 Å². The summed E-state index contributed by atoms with van der Waals surface area (Å²) < 4.78 is 25.7. The van der Waals surface area contributed by atoms with Crippen molar-refractivity contribution in [1.82, 2.24) is 5.32 Å². The molecule has 0 spiro atoms. The monoisotopic (exact) mass is 240 g/mol. The standard InChI is InChI=1S/C11H10F2N2O2/c12-6-3-7(13)5-8(4-6)14-11(17)9-1-2-10(16)15-9/h3-5,9H,1-2H2,(H,14,17)(H,15,16). The number of halogens is 2. The molecule has 0 aliphatic carbocycles. The van der Waals surface area contributed by atoms with Gasteiger partial charge in [-0.05, 0) is 18.6 Å². The van der Waals surface area contributed by atoms with Crippen LogP contribution in [0.4, 0.5) is 14.5 Å². The number of anilines is 1. The van der Waals surface area contributed by atoms with Crippen LogP contribution in [0.2, 0.25) is 0 Å². The van der Waals surface area contributed by atoms with E-state index < -0.39 is 23.6 Å². The van der Waals surface area contributed by atoms with E-state index >= 15 is 0 Å². The van der Waals surface area contributed by atoms with Crippen LogP contribution in [-0.2, 0) is 9.59 Å². The Morgan fingerprint density at radius 2 is 1.94 bits per heavy atom. The summed E-state index contributed by atoms with van der Waals surface area (Å²) in [5.74, 6) is -2.21. The molecule has 90 valence electrons. The Kier molecular flexibility index (Phi) is 3.03. The molecule has 0 bridgehead atoms. The van der Waals surface area contributed by atoms with Crippen molar-refractivity contribution < 1.29 is 18.4 Å². The minimum atomic E-state index is -0.768. The van der Waals surface area contributed by atoms with Gasteiger partial charge in [0.1, 0.15) is 17.7 Å². The van der Waals surface area contributed by atoms with Crippen LogP contribution in [0, 0.1) is 11.6 Å². The summed E-state index contributed by atoms with van der Waals surface area (Å²) in [5.41, 5.74) is 0.0358. The Labute approximate surface area is 96.0 Å². The summed E-state index contributed by atoms with van der Waals surface area (Å²) in [5, 5.41) is 4.82. The SMILES string of the molecule is O=C1CCC(C(=O)Nc2cc(F)cc(F)c2)N1. The molecule has 2 amide bonds. The van der Waals surface area contributed by atoms with Crippen molar-refractivity contribution in [3.05, 3.63) is 29.8 Å². The van der Waals surface area contributed by atoms with Crippen molar-refractivity contribution in [1.29, 1.82) is 0 Å². The molecule has 0 radical (unpaired) electrons. The average Bonchev–Trinajstić information content (AvgIpc) is 2.63. The molecule has 1 aliphatic heterocycles. The number of hydrogen-bond donors (Lipinski definition) is 2. The quantitative estimate of drug-likeness (QED) is 0.815. The Hall–Kier alpha value is -1.98. The van der Waals surface area contributed by atoms with Gasteiger partial charge in [-0.3, -0.25) is 9.59 Å². The fourth-order valence-corrected chi connectivity index (χ4v) is 1.67. The van der Waals surface area contributed by atoms with Crippen LogP contribution in [0.25, 0.3) is 0 Å². The van der Waals surface area contributed by atoms with Crippen molar-refractivity contribution in [3.8, 4) is 0 Å². The molecule has 1 aromatic rings.